The lowest BCUT2D eigenvalue weighted by Gasteiger charge is -2.42. The van der Waals surface area contributed by atoms with Crippen molar-refractivity contribution in [1.82, 2.24) is 19.8 Å². The molecular weight excluding hydrogens is 340 g/mol. The van der Waals surface area contributed by atoms with Crippen molar-refractivity contribution < 1.29 is 4.74 Å². The van der Waals surface area contributed by atoms with Crippen molar-refractivity contribution in [3.8, 4) is 6.07 Å². The summed E-state index contributed by atoms with van der Waals surface area (Å²) in [6, 6.07) is 8.11. The maximum atomic E-state index is 9.31. The first kappa shape index (κ1) is 17.0. The molecule has 3 fully saturated rings. The van der Waals surface area contributed by atoms with E-state index in [2.05, 4.69) is 39.3 Å². The zero-order valence-corrected chi connectivity index (χ0v) is 15.8. The lowest BCUT2D eigenvalue weighted by atomic mass is 10.1. The molecule has 2 aliphatic heterocycles. The molecule has 0 amide bonds. The fraction of sp³-hybridized carbons (Fsp3) is 0.600. The van der Waals surface area contributed by atoms with E-state index in [0.717, 1.165) is 50.5 Å². The molecule has 1 aliphatic carbocycles. The second kappa shape index (κ2) is 6.48. The van der Waals surface area contributed by atoms with Gasteiger partial charge in [-0.05, 0) is 38.0 Å². The molecule has 0 unspecified atom stereocenters. The Morgan fingerprint density at radius 3 is 3.04 bits per heavy atom. The Balaban J connectivity index is 1.35. The summed E-state index contributed by atoms with van der Waals surface area (Å²) in [6.45, 7) is 8.18. The van der Waals surface area contributed by atoms with Gasteiger partial charge in [0.25, 0.3) is 0 Å². The van der Waals surface area contributed by atoms with Gasteiger partial charge in [0, 0.05) is 44.8 Å². The normalized spacial score (nSPS) is 27.8. The number of fused-ring (bicyclic) bond motifs is 1. The van der Waals surface area contributed by atoms with Gasteiger partial charge in [-0.1, -0.05) is 0 Å². The van der Waals surface area contributed by atoms with Gasteiger partial charge in [-0.15, -0.1) is 0 Å². The van der Waals surface area contributed by atoms with Crippen LogP contribution in [-0.4, -0.2) is 71.5 Å². The summed E-state index contributed by atoms with van der Waals surface area (Å²) < 4.78 is 8.02. The molecule has 142 valence electrons. The predicted molar refractivity (Wildman–Crippen MR) is 103 cm³/mol. The van der Waals surface area contributed by atoms with E-state index in [4.69, 9.17) is 4.74 Å². The van der Waals surface area contributed by atoms with Crippen molar-refractivity contribution in [2.75, 3.05) is 44.2 Å². The largest absolute Gasteiger partial charge is 0.370 e. The molecular formula is C20H26N6O. The van der Waals surface area contributed by atoms with Crippen LogP contribution >= 0.6 is 0 Å². The molecule has 0 bridgehead atoms. The van der Waals surface area contributed by atoms with Crippen molar-refractivity contribution in [3.05, 3.63) is 30.1 Å². The number of morpholine rings is 1. The number of piperazine rings is 1. The van der Waals surface area contributed by atoms with Crippen LogP contribution in [0.4, 0.5) is 5.69 Å². The number of aromatic nitrogens is 2. The van der Waals surface area contributed by atoms with Crippen LogP contribution in [-0.2, 0) is 4.74 Å². The molecule has 2 aromatic heterocycles. The summed E-state index contributed by atoms with van der Waals surface area (Å²) >= 11 is 0. The number of nitrogens with zero attached hydrogens (tertiary/aromatic N) is 5. The van der Waals surface area contributed by atoms with Gasteiger partial charge < -0.3 is 15.0 Å². The highest BCUT2D eigenvalue weighted by molar-refractivity contribution is 5.74. The van der Waals surface area contributed by atoms with Gasteiger partial charge in [0.1, 0.15) is 11.8 Å². The number of nitriles is 1. The summed E-state index contributed by atoms with van der Waals surface area (Å²) in [7, 11) is 0. The van der Waals surface area contributed by atoms with Crippen molar-refractivity contribution >= 4 is 11.2 Å². The molecule has 3 aliphatic rings. The van der Waals surface area contributed by atoms with E-state index < -0.39 is 0 Å². The summed E-state index contributed by atoms with van der Waals surface area (Å²) in [5, 5.41) is 17.3. The van der Waals surface area contributed by atoms with Gasteiger partial charge in [0.2, 0.25) is 0 Å². The highest BCUT2D eigenvalue weighted by Gasteiger charge is 2.45. The van der Waals surface area contributed by atoms with E-state index in [1.165, 1.54) is 12.8 Å². The van der Waals surface area contributed by atoms with Crippen molar-refractivity contribution in [3.63, 3.8) is 0 Å². The Hall–Kier alpha value is -2.14. The standard InChI is InChI=1S/C20H26N6O/c1-15-11-25(18-3-2-16(10-21)26-19(18)4-7-23-26)13-17(27-15)12-24-9-8-22-20(14-24)5-6-20/h2-4,7,15,17,22H,5-6,8-9,11-14H2,1H3/t15-,17+/m1/s1. The highest BCUT2D eigenvalue weighted by atomic mass is 16.5. The molecule has 1 spiro atoms. The summed E-state index contributed by atoms with van der Waals surface area (Å²) in [5.74, 6) is 0. The van der Waals surface area contributed by atoms with Crippen LogP contribution < -0.4 is 10.2 Å². The Kier molecular flexibility index (Phi) is 4.08. The average molecular weight is 366 g/mol. The van der Waals surface area contributed by atoms with Crippen molar-refractivity contribution in [1.29, 1.82) is 5.26 Å². The minimum absolute atomic E-state index is 0.181. The number of hydrogen-bond donors (Lipinski definition) is 1. The molecule has 4 heterocycles. The molecule has 2 saturated heterocycles. The number of ether oxygens (including phenoxy) is 1. The van der Waals surface area contributed by atoms with Gasteiger partial charge in [0.15, 0.2) is 0 Å². The van der Waals surface area contributed by atoms with E-state index >= 15 is 0 Å². The van der Waals surface area contributed by atoms with E-state index in [0.29, 0.717) is 11.2 Å². The van der Waals surface area contributed by atoms with Crippen LogP contribution in [0.3, 0.4) is 0 Å². The smallest absolute Gasteiger partial charge is 0.142 e. The Bertz CT molecular complexity index is 882. The maximum absolute atomic E-state index is 9.31. The van der Waals surface area contributed by atoms with Crippen LogP contribution in [0.2, 0.25) is 0 Å². The molecule has 1 saturated carbocycles. The van der Waals surface area contributed by atoms with E-state index in [9.17, 15) is 5.26 Å². The third-order valence-corrected chi connectivity index (χ3v) is 6.08. The first-order valence-electron chi connectivity index (χ1n) is 9.90. The van der Waals surface area contributed by atoms with Crippen LogP contribution in [0.15, 0.2) is 24.4 Å². The topological polar surface area (TPSA) is 68.8 Å². The number of pyridine rings is 1. The van der Waals surface area contributed by atoms with Crippen LogP contribution in [0, 0.1) is 11.3 Å². The molecule has 1 N–H and O–H groups in total. The molecule has 2 aromatic rings. The number of nitrogens with one attached hydrogen (secondary N) is 1. The molecule has 7 nitrogen and oxygen atoms in total. The van der Waals surface area contributed by atoms with Gasteiger partial charge in [0.05, 0.1) is 29.6 Å². The number of anilines is 1. The molecule has 2 atom stereocenters. The number of hydrogen-bond acceptors (Lipinski definition) is 6. The van der Waals surface area contributed by atoms with E-state index in [-0.39, 0.29) is 12.2 Å². The summed E-state index contributed by atoms with van der Waals surface area (Å²) in [4.78, 5) is 4.96. The Labute approximate surface area is 159 Å². The zero-order chi connectivity index (χ0) is 18.4. The second-order valence-electron chi connectivity index (χ2n) is 8.26. The average Bonchev–Trinajstić information content (AvgIpc) is 3.20. The minimum Gasteiger partial charge on any atom is -0.370 e. The van der Waals surface area contributed by atoms with Gasteiger partial charge in [-0.2, -0.15) is 10.4 Å². The Morgan fingerprint density at radius 2 is 2.22 bits per heavy atom. The Morgan fingerprint density at radius 1 is 1.33 bits per heavy atom. The first-order chi connectivity index (χ1) is 13.2. The molecule has 0 aromatic carbocycles. The predicted octanol–water partition coefficient (Wildman–Crippen LogP) is 1.24. The second-order valence-corrected chi connectivity index (χ2v) is 8.26. The molecule has 27 heavy (non-hydrogen) atoms. The van der Waals surface area contributed by atoms with Gasteiger partial charge >= 0.3 is 0 Å². The quantitative estimate of drug-likeness (QED) is 0.881. The fourth-order valence-electron chi connectivity index (χ4n) is 4.67. The van der Waals surface area contributed by atoms with Crippen molar-refractivity contribution in [2.24, 2.45) is 0 Å². The van der Waals surface area contributed by atoms with Gasteiger partial charge in [-0.3, -0.25) is 4.90 Å². The zero-order valence-electron chi connectivity index (χ0n) is 15.8. The van der Waals surface area contributed by atoms with Crippen LogP contribution in [0.1, 0.15) is 25.5 Å². The minimum atomic E-state index is 0.181. The van der Waals surface area contributed by atoms with E-state index in [1.807, 2.05) is 12.1 Å². The third-order valence-electron chi connectivity index (χ3n) is 6.08. The summed E-state index contributed by atoms with van der Waals surface area (Å²) in [5.41, 5.74) is 3.08. The third kappa shape index (κ3) is 3.18. The first-order valence-corrected chi connectivity index (χ1v) is 9.90. The highest BCUT2D eigenvalue weighted by Crippen LogP contribution is 2.37. The fourth-order valence-corrected chi connectivity index (χ4v) is 4.67. The molecule has 7 heteroatoms. The SMILES string of the molecule is C[C@@H]1CN(c2ccc(C#N)n3nccc23)C[C@H](CN2CCNC3(CC3)C2)O1. The number of rotatable bonds is 3. The van der Waals surface area contributed by atoms with Crippen molar-refractivity contribution in [2.45, 2.75) is 37.5 Å². The van der Waals surface area contributed by atoms with Crippen LogP contribution in [0.25, 0.3) is 5.52 Å². The van der Waals surface area contributed by atoms with E-state index in [1.54, 1.807) is 10.7 Å². The van der Waals surface area contributed by atoms with Gasteiger partial charge in [-0.25, -0.2) is 4.52 Å². The molecule has 0 radical (unpaired) electrons. The maximum Gasteiger partial charge on any atom is 0.142 e. The lowest BCUT2D eigenvalue weighted by molar-refractivity contribution is -0.0359. The summed E-state index contributed by atoms with van der Waals surface area (Å²) in [6.07, 6.45) is 4.75. The van der Waals surface area contributed by atoms with Crippen LogP contribution in [0.5, 0.6) is 0 Å². The molecule has 5 rings (SSSR count). The monoisotopic (exact) mass is 366 g/mol. The lowest BCUT2D eigenvalue weighted by Crippen LogP contribution is -2.57.